The van der Waals surface area contributed by atoms with E-state index < -0.39 is 12.1 Å². The summed E-state index contributed by atoms with van der Waals surface area (Å²) in [4.78, 5) is 15.7. The molecule has 2 N–H and O–H groups in total. The molecule has 3 rings (SSSR count). The Morgan fingerprint density at radius 1 is 1.23 bits per heavy atom. The van der Waals surface area contributed by atoms with Gasteiger partial charge >= 0.3 is 12.1 Å². The monoisotopic (exact) mass is 375 g/mol. The summed E-state index contributed by atoms with van der Waals surface area (Å²) in [6.45, 7) is 4.88. The van der Waals surface area contributed by atoms with E-state index in [1.807, 2.05) is 0 Å². The van der Waals surface area contributed by atoms with Crippen molar-refractivity contribution in [2.45, 2.75) is 12.7 Å². The Labute approximate surface area is 146 Å². The SMILES string of the molecule is Fc1ccc(-c2nc(CN3CCNCC3)co2)cc1.O=C(O)C(F)(F)F. The maximum Gasteiger partial charge on any atom is 0.490 e. The fourth-order valence-corrected chi connectivity index (χ4v) is 2.20. The number of piperazine rings is 1. The molecule has 0 bridgehead atoms. The van der Waals surface area contributed by atoms with Crippen molar-refractivity contribution in [1.82, 2.24) is 15.2 Å². The maximum atomic E-state index is 12.9. The van der Waals surface area contributed by atoms with Crippen LogP contribution in [-0.4, -0.2) is 53.3 Å². The third-order valence-electron chi connectivity index (χ3n) is 3.48. The highest BCUT2D eigenvalue weighted by molar-refractivity contribution is 5.73. The molecule has 2 heterocycles. The first-order valence-electron chi connectivity index (χ1n) is 7.69. The molecule has 0 aliphatic carbocycles. The predicted molar refractivity (Wildman–Crippen MR) is 83.7 cm³/mol. The molecule has 0 unspecified atom stereocenters. The molecule has 26 heavy (non-hydrogen) atoms. The van der Waals surface area contributed by atoms with Crippen LogP contribution in [0, 0.1) is 5.82 Å². The molecule has 0 saturated carbocycles. The summed E-state index contributed by atoms with van der Waals surface area (Å²) in [7, 11) is 0. The highest BCUT2D eigenvalue weighted by Crippen LogP contribution is 2.19. The van der Waals surface area contributed by atoms with E-state index in [1.165, 1.54) is 12.1 Å². The van der Waals surface area contributed by atoms with E-state index in [0.29, 0.717) is 5.89 Å². The first-order valence-corrected chi connectivity index (χ1v) is 7.69. The Bertz CT molecular complexity index is 710. The van der Waals surface area contributed by atoms with Gasteiger partial charge in [0.15, 0.2) is 0 Å². The smallest absolute Gasteiger partial charge is 0.475 e. The number of aromatic nitrogens is 1. The first-order chi connectivity index (χ1) is 12.3. The van der Waals surface area contributed by atoms with Crippen molar-refractivity contribution in [3.63, 3.8) is 0 Å². The van der Waals surface area contributed by atoms with Gasteiger partial charge in [0.2, 0.25) is 5.89 Å². The lowest BCUT2D eigenvalue weighted by Gasteiger charge is -2.25. The van der Waals surface area contributed by atoms with Gasteiger partial charge in [0.25, 0.3) is 0 Å². The topological polar surface area (TPSA) is 78.6 Å². The van der Waals surface area contributed by atoms with E-state index in [-0.39, 0.29) is 5.82 Å². The normalized spacial score (nSPS) is 15.2. The lowest BCUT2D eigenvalue weighted by molar-refractivity contribution is -0.192. The molecular weight excluding hydrogens is 358 g/mol. The summed E-state index contributed by atoms with van der Waals surface area (Å²) < 4.78 is 50.0. The second-order valence-corrected chi connectivity index (χ2v) is 5.48. The highest BCUT2D eigenvalue weighted by atomic mass is 19.4. The summed E-state index contributed by atoms with van der Waals surface area (Å²) in [5.41, 5.74) is 1.72. The van der Waals surface area contributed by atoms with Crippen LogP contribution < -0.4 is 5.32 Å². The molecule has 1 aliphatic heterocycles. The maximum absolute atomic E-state index is 12.9. The van der Waals surface area contributed by atoms with E-state index in [4.69, 9.17) is 14.3 Å². The average Bonchev–Trinajstić information content (AvgIpc) is 3.04. The van der Waals surface area contributed by atoms with Gasteiger partial charge in [-0.15, -0.1) is 0 Å². The molecular formula is C16H17F4N3O3. The van der Waals surface area contributed by atoms with Crippen molar-refractivity contribution in [2.75, 3.05) is 26.2 Å². The van der Waals surface area contributed by atoms with Gasteiger partial charge in [-0.2, -0.15) is 13.2 Å². The van der Waals surface area contributed by atoms with E-state index in [0.717, 1.165) is 44.0 Å². The number of carboxylic acid groups (broad SMARTS) is 1. The van der Waals surface area contributed by atoms with Crippen LogP contribution in [0.1, 0.15) is 5.69 Å². The number of hydrogen-bond donors (Lipinski definition) is 2. The minimum atomic E-state index is -5.08. The molecule has 1 fully saturated rings. The van der Waals surface area contributed by atoms with Gasteiger partial charge in [-0.1, -0.05) is 0 Å². The minimum absolute atomic E-state index is 0.253. The Hall–Kier alpha value is -2.46. The van der Waals surface area contributed by atoms with Crippen molar-refractivity contribution in [2.24, 2.45) is 0 Å². The van der Waals surface area contributed by atoms with Crippen LogP contribution >= 0.6 is 0 Å². The van der Waals surface area contributed by atoms with Gasteiger partial charge in [-0.25, -0.2) is 14.2 Å². The van der Waals surface area contributed by atoms with Crippen LogP contribution in [0.5, 0.6) is 0 Å². The molecule has 142 valence electrons. The minimum Gasteiger partial charge on any atom is -0.475 e. The van der Waals surface area contributed by atoms with Crippen LogP contribution in [0.15, 0.2) is 34.9 Å². The Kier molecular flexibility index (Phi) is 6.70. The third kappa shape index (κ3) is 6.12. The Balaban J connectivity index is 0.000000298. The molecule has 1 aliphatic rings. The van der Waals surface area contributed by atoms with Crippen LogP contribution in [0.2, 0.25) is 0 Å². The predicted octanol–water partition coefficient (Wildman–Crippen LogP) is 2.52. The number of hydrogen-bond acceptors (Lipinski definition) is 5. The number of carboxylic acids is 1. The van der Waals surface area contributed by atoms with Gasteiger partial charge < -0.3 is 14.8 Å². The number of oxazole rings is 1. The Morgan fingerprint density at radius 3 is 2.35 bits per heavy atom. The fraction of sp³-hybridized carbons (Fsp3) is 0.375. The molecule has 0 radical (unpaired) electrons. The zero-order valence-electron chi connectivity index (χ0n) is 13.6. The van der Waals surface area contributed by atoms with Crippen molar-refractivity contribution in [3.8, 4) is 11.5 Å². The van der Waals surface area contributed by atoms with Gasteiger partial charge in [0.05, 0.1) is 5.69 Å². The van der Waals surface area contributed by atoms with Crippen LogP contribution in [0.3, 0.4) is 0 Å². The van der Waals surface area contributed by atoms with Crippen LogP contribution in [-0.2, 0) is 11.3 Å². The lowest BCUT2D eigenvalue weighted by Crippen LogP contribution is -2.42. The zero-order chi connectivity index (χ0) is 19.2. The second-order valence-electron chi connectivity index (χ2n) is 5.48. The number of nitrogens with one attached hydrogen (secondary N) is 1. The van der Waals surface area contributed by atoms with Gasteiger partial charge in [0.1, 0.15) is 12.1 Å². The molecule has 6 nitrogen and oxygen atoms in total. The molecule has 2 aromatic rings. The van der Waals surface area contributed by atoms with Gasteiger partial charge in [0, 0.05) is 38.3 Å². The highest BCUT2D eigenvalue weighted by Gasteiger charge is 2.38. The number of halogens is 4. The fourth-order valence-electron chi connectivity index (χ4n) is 2.20. The zero-order valence-corrected chi connectivity index (χ0v) is 13.6. The number of alkyl halides is 3. The van der Waals surface area contributed by atoms with Crippen molar-refractivity contribution < 1.29 is 31.9 Å². The largest absolute Gasteiger partial charge is 0.490 e. The number of rotatable bonds is 3. The summed E-state index contributed by atoms with van der Waals surface area (Å²) in [5, 5.41) is 10.4. The van der Waals surface area contributed by atoms with Crippen molar-refractivity contribution in [1.29, 1.82) is 0 Å². The van der Waals surface area contributed by atoms with E-state index in [1.54, 1.807) is 18.4 Å². The van der Waals surface area contributed by atoms with Gasteiger partial charge in [-0.3, -0.25) is 4.90 Å². The average molecular weight is 375 g/mol. The van der Waals surface area contributed by atoms with E-state index in [9.17, 15) is 17.6 Å². The number of aliphatic carboxylic acids is 1. The lowest BCUT2D eigenvalue weighted by atomic mass is 10.2. The molecule has 0 amide bonds. The number of nitrogens with zero attached hydrogens (tertiary/aromatic N) is 2. The molecule has 1 saturated heterocycles. The molecule has 0 atom stereocenters. The van der Waals surface area contributed by atoms with Gasteiger partial charge in [-0.05, 0) is 24.3 Å². The third-order valence-corrected chi connectivity index (χ3v) is 3.48. The number of benzene rings is 1. The van der Waals surface area contributed by atoms with Crippen molar-refractivity contribution >= 4 is 5.97 Å². The molecule has 0 spiro atoms. The molecule has 10 heteroatoms. The first kappa shape index (κ1) is 19.9. The molecule has 1 aromatic carbocycles. The van der Waals surface area contributed by atoms with E-state index in [2.05, 4.69) is 15.2 Å². The van der Waals surface area contributed by atoms with Crippen LogP contribution in [0.25, 0.3) is 11.5 Å². The summed E-state index contributed by atoms with van der Waals surface area (Å²) in [6.07, 6.45) is -3.40. The van der Waals surface area contributed by atoms with Crippen LogP contribution in [0.4, 0.5) is 17.6 Å². The summed E-state index contributed by atoms with van der Waals surface area (Å²) in [5.74, 6) is -2.46. The standard InChI is InChI=1S/C14H16FN3O.C2HF3O2/c15-12-3-1-11(2-4-12)14-17-13(10-19-14)9-18-7-5-16-6-8-18;3-2(4,5)1(6)7/h1-4,10,16H,5-9H2;(H,6,7). The van der Waals surface area contributed by atoms with Crippen molar-refractivity contribution in [3.05, 3.63) is 42.0 Å². The molecule has 1 aromatic heterocycles. The Morgan fingerprint density at radius 2 is 1.81 bits per heavy atom. The quantitative estimate of drug-likeness (QED) is 0.803. The summed E-state index contributed by atoms with van der Waals surface area (Å²) in [6, 6.07) is 6.18. The number of carbonyl (C=O) groups is 1. The van der Waals surface area contributed by atoms with E-state index >= 15 is 0 Å². The summed E-state index contributed by atoms with van der Waals surface area (Å²) >= 11 is 0. The second kappa shape index (κ2) is 8.77.